The van der Waals surface area contributed by atoms with Gasteiger partial charge in [0.15, 0.2) is 0 Å². The van der Waals surface area contributed by atoms with E-state index in [-0.39, 0.29) is 12.4 Å². The highest BCUT2D eigenvalue weighted by Crippen LogP contribution is 2.24. The third kappa shape index (κ3) is 3.43. The van der Waals surface area contributed by atoms with Crippen LogP contribution in [0.15, 0.2) is 6.20 Å². The highest BCUT2D eigenvalue weighted by Gasteiger charge is 2.15. The Morgan fingerprint density at radius 2 is 2.06 bits per heavy atom. The molecule has 1 aromatic heterocycles. The van der Waals surface area contributed by atoms with Crippen molar-refractivity contribution in [2.75, 3.05) is 0 Å². The summed E-state index contributed by atoms with van der Waals surface area (Å²) in [5, 5.41) is 22.7. The Morgan fingerprint density at radius 1 is 1.39 bits per heavy atom. The lowest BCUT2D eigenvalue weighted by Gasteiger charge is -2.22. The molecule has 1 atom stereocenters. The first-order chi connectivity index (χ1) is 8.51. The van der Waals surface area contributed by atoms with E-state index in [4.69, 9.17) is 0 Å². The zero-order valence-corrected chi connectivity index (χ0v) is 11.7. The molecule has 18 heavy (non-hydrogen) atoms. The standard InChI is InChI=1S/C14H24N2O2/c1-5-13(9(2)3)16-7-12-11(8-17)6-15-10(4)14(12)18/h6,9,13,16-18H,5,7-8H2,1-4H3. The third-order valence-electron chi connectivity index (χ3n) is 3.39. The lowest BCUT2D eigenvalue weighted by Crippen LogP contribution is -2.33. The molecule has 0 saturated heterocycles. The molecule has 1 heterocycles. The Morgan fingerprint density at radius 3 is 2.56 bits per heavy atom. The Balaban J connectivity index is 2.86. The fourth-order valence-corrected chi connectivity index (χ4v) is 2.10. The molecule has 4 heteroatoms. The minimum Gasteiger partial charge on any atom is -0.506 e. The fourth-order valence-electron chi connectivity index (χ4n) is 2.10. The average Bonchev–Trinajstić information content (AvgIpc) is 2.34. The molecule has 0 aliphatic rings. The van der Waals surface area contributed by atoms with Crippen LogP contribution in [0.25, 0.3) is 0 Å². The minimum absolute atomic E-state index is 0.101. The molecule has 0 fully saturated rings. The van der Waals surface area contributed by atoms with Crippen LogP contribution < -0.4 is 5.32 Å². The zero-order chi connectivity index (χ0) is 13.7. The third-order valence-corrected chi connectivity index (χ3v) is 3.39. The average molecular weight is 252 g/mol. The van der Waals surface area contributed by atoms with Crippen LogP contribution in [-0.2, 0) is 13.2 Å². The van der Waals surface area contributed by atoms with Crippen LogP contribution in [0.2, 0.25) is 0 Å². The number of pyridine rings is 1. The number of aryl methyl sites for hydroxylation is 1. The predicted molar refractivity (Wildman–Crippen MR) is 72.3 cm³/mol. The number of hydrogen-bond acceptors (Lipinski definition) is 4. The number of aromatic hydroxyl groups is 1. The van der Waals surface area contributed by atoms with Crippen molar-refractivity contribution in [3.8, 4) is 5.75 Å². The first-order valence-electron chi connectivity index (χ1n) is 6.51. The lowest BCUT2D eigenvalue weighted by atomic mass is 10.0. The second-order valence-electron chi connectivity index (χ2n) is 4.99. The first-order valence-corrected chi connectivity index (χ1v) is 6.51. The van der Waals surface area contributed by atoms with Crippen molar-refractivity contribution in [3.63, 3.8) is 0 Å². The maximum atomic E-state index is 10.0. The number of nitrogens with one attached hydrogen (secondary N) is 1. The van der Waals surface area contributed by atoms with E-state index in [1.807, 2.05) is 0 Å². The zero-order valence-electron chi connectivity index (χ0n) is 11.7. The topological polar surface area (TPSA) is 65.4 Å². The Bertz CT molecular complexity index is 392. The molecule has 4 nitrogen and oxygen atoms in total. The molecule has 0 aromatic carbocycles. The maximum absolute atomic E-state index is 10.0. The summed E-state index contributed by atoms with van der Waals surface area (Å²) in [6, 6.07) is 0.407. The molecule has 1 rings (SSSR count). The van der Waals surface area contributed by atoms with E-state index >= 15 is 0 Å². The maximum Gasteiger partial charge on any atom is 0.141 e. The summed E-state index contributed by atoms with van der Waals surface area (Å²) in [4.78, 5) is 4.05. The summed E-state index contributed by atoms with van der Waals surface area (Å²) in [5.74, 6) is 0.727. The van der Waals surface area contributed by atoms with E-state index in [0.29, 0.717) is 29.8 Å². The molecule has 0 aliphatic carbocycles. The largest absolute Gasteiger partial charge is 0.506 e. The van der Waals surface area contributed by atoms with E-state index in [9.17, 15) is 10.2 Å². The Kier molecular flexibility index (Phi) is 5.56. The van der Waals surface area contributed by atoms with E-state index in [2.05, 4.69) is 31.1 Å². The van der Waals surface area contributed by atoms with Crippen molar-refractivity contribution in [3.05, 3.63) is 23.0 Å². The second kappa shape index (κ2) is 6.71. The summed E-state index contributed by atoms with van der Waals surface area (Å²) in [6.45, 7) is 8.71. The molecule has 0 spiro atoms. The molecule has 3 N–H and O–H groups in total. The van der Waals surface area contributed by atoms with Gasteiger partial charge in [0.1, 0.15) is 5.75 Å². The summed E-state index contributed by atoms with van der Waals surface area (Å²) < 4.78 is 0. The number of rotatable bonds is 6. The molecule has 0 saturated carbocycles. The molecule has 1 unspecified atom stereocenters. The fraction of sp³-hybridized carbons (Fsp3) is 0.643. The second-order valence-corrected chi connectivity index (χ2v) is 4.99. The van der Waals surface area contributed by atoms with Gasteiger partial charge < -0.3 is 15.5 Å². The number of aromatic nitrogens is 1. The van der Waals surface area contributed by atoms with Gasteiger partial charge in [-0.25, -0.2) is 0 Å². The van der Waals surface area contributed by atoms with Crippen LogP contribution >= 0.6 is 0 Å². The lowest BCUT2D eigenvalue weighted by molar-refractivity contribution is 0.277. The monoisotopic (exact) mass is 252 g/mol. The van der Waals surface area contributed by atoms with Crippen LogP contribution in [-0.4, -0.2) is 21.2 Å². The predicted octanol–water partition coefficient (Wildman–Crippen LogP) is 2.11. The van der Waals surface area contributed by atoms with E-state index in [1.165, 1.54) is 0 Å². The van der Waals surface area contributed by atoms with E-state index in [0.717, 1.165) is 12.0 Å². The van der Waals surface area contributed by atoms with Crippen molar-refractivity contribution in [1.29, 1.82) is 0 Å². The van der Waals surface area contributed by atoms with Crippen molar-refractivity contribution in [1.82, 2.24) is 10.3 Å². The van der Waals surface area contributed by atoms with Crippen LogP contribution in [0, 0.1) is 12.8 Å². The van der Waals surface area contributed by atoms with Gasteiger partial charge in [0.05, 0.1) is 12.3 Å². The van der Waals surface area contributed by atoms with Gasteiger partial charge in [0, 0.05) is 29.9 Å². The van der Waals surface area contributed by atoms with Crippen LogP contribution in [0.1, 0.15) is 44.0 Å². The smallest absolute Gasteiger partial charge is 0.141 e. The van der Waals surface area contributed by atoms with E-state index in [1.54, 1.807) is 13.1 Å². The number of nitrogens with zero attached hydrogens (tertiary/aromatic N) is 1. The molecule has 0 amide bonds. The molecule has 102 valence electrons. The molecule has 1 aromatic rings. The summed E-state index contributed by atoms with van der Waals surface area (Å²) in [5.41, 5.74) is 2.04. The van der Waals surface area contributed by atoms with Crippen molar-refractivity contribution in [2.24, 2.45) is 5.92 Å². The summed E-state index contributed by atoms with van der Waals surface area (Å²) in [7, 11) is 0. The van der Waals surface area contributed by atoms with Crippen molar-refractivity contribution < 1.29 is 10.2 Å². The van der Waals surface area contributed by atoms with Gasteiger partial charge in [-0.2, -0.15) is 0 Å². The van der Waals surface area contributed by atoms with Gasteiger partial charge in [-0.15, -0.1) is 0 Å². The van der Waals surface area contributed by atoms with Crippen LogP contribution in [0.4, 0.5) is 0 Å². The molecule has 0 radical (unpaired) electrons. The molecule has 0 aliphatic heterocycles. The van der Waals surface area contributed by atoms with Gasteiger partial charge >= 0.3 is 0 Å². The van der Waals surface area contributed by atoms with Crippen LogP contribution in [0.5, 0.6) is 5.75 Å². The highest BCUT2D eigenvalue weighted by molar-refractivity contribution is 5.40. The van der Waals surface area contributed by atoms with Gasteiger partial charge in [0.2, 0.25) is 0 Å². The summed E-state index contributed by atoms with van der Waals surface area (Å²) >= 11 is 0. The van der Waals surface area contributed by atoms with Gasteiger partial charge in [0.25, 0.3) is 0 Å². The number of aliphatic hydroxyl groups excluding tert-OH is 1. The minimum atomic E-state index is -0.101. The normalized spacial score (nSPS) is 13.0. The Hall–Kier alpha value is -1.13. The summed E-state index contributed by atoms with van der Waals surface area (Å²) in [6.07, 6.45) is 2.67. The number of hydrogen-bond donors (Lipinski definition) is 3. The van der Waals surface area contributed by atoms with Gasteiger partial charge in [-0.05, 0) is 19.3 Å². The van der Waals surface area contributed by atoms with Gasteiger partial charge in [-0.1, -0.05) is 20.8 Å². The molecular weight excluding hydrogens is 228 g/mol. The van der Waals surface area contributed by atoms with Crippen LogP contribution in [0.3, 0.4) is 0 Å². The first kappa shape index (κ1) is 14.9. The quantitative estimate of drug-likeness (QED) is 0.725. The molecular formula is C14H24N2O2. The number of aliphatic hydroxyl groups is 1. The highest BCUT2D eigenvalue weighted by atomic mass is 16.3. The van der Waals surface area contributed by atoms with Gasteiger partial charge in [-0.3, -0.25) is 4.98 Å². The Labute approximate surface area is 109 Å². The van der Waals surface area contributed by atoms with Crippen molar-refractivity contribution >= 4 is 0 Å². The SMILES string of the molecule is CCC(NCc1c(CO)cnc(C)c1O)C(C)C. The van der Waals surface area contributed by atoms with Crippen molar-refractivity contribution in [2.45, 2.75) is 53.3 Å². The molecule has 0 bridgehead atoms. The van der Waals surface area contributed by atoms with E-state index < -0.39 is 0 Å².